The molecule has 1 unspecified atom stereocenters. The van der Waals surface area contributed by atoms with Crippen LogP contribution in [0.15, 0.2) is 0 Å². The van der Waals surface area contributed by atoms with Crippen LogP contribution in [0.4, 0.5) is 0 Å². The van der Waals surface area contributed by atoms with Crippen LogP contribution in [0.25, 0.3) is 6.15 Å². The van der Waals surface area contributed by atoms with Gasteiger partial charge in [0.25, 0.3) is 0 Å². The molecule has 0 fully saturated rings. The minimum absolute atomic E-state index is 0. The summed E-state index contributed by atoms with van der Waals surface area (Å²) >= 11 is 0. The van der Waals surface area contributed by atoms with E-state index in [2.05, 4.69) is 20.8 Å². The summed E-state index contributed by atoms with van der Waals surface area (Å²) < 4.78 is 0. The molecule has 0 saturated carbocycles. The first kappa shape index (κ1) is 24.3. The summed E-state index contributed by atoms with van der Waals surface area (Å²) in [6, 6.07) is 0. The normalized spacial score (nSPS) is 5.14. The van der Waals surface area contributed by atoms with E-state index >= 15 is 0 Å². The molecule has 0 bridgehead atoms. The molecule has 0 amide bonds. The van der Waals surface area contributed by atoms with Gasteiger partial charge in [0.05, 0.1) is 0 Å². The molecular weight excluding hydrogens is 141 g/mol. The van der Waals surface area contributed by atoms with Gasteiger partial charge in [0, 0.05) is 0 Å². The Labute approximate surface area is 64.7 Å². The molecule has 0 radical (unpaired) electrons. The van der Waals surface area contributed by atoms with Crippen LogP contribution in [-0.4, -0.2) is 0 Å². The Morgan fingerprint density at radius 3 is 1.00 bits per heavy atom. The van der Waals surface area contributed by atoms with Gasteiger partial charge in [0.2, 0.25) is 0 Å². The molecular formula is C4H14NPTi. The van der Waals surface area contributed by atoms with Gasteiger partial charge in [-0.15, -0.1) is 0 Å². The topological polar surface area (TPSA) is 33.5 Å². The zero-order valence-corrected chi connectivity index (χ0v) is 8.26. The maximum absolute atomic E-state index is 2.08. The molecule has 0 heterocycles. The predicted molar refractivity (Wildman–Crippen MR) is 36.7 cm³/mol. The van der Waals surface area contributed by atoms with E-state index in [4.69, 9.17) is 0 Å². The Balaban J connectivity index is -0.0000000150. The van der Waals surface area contributed by atoms with E-state index in [1.165, 1.54) is 5.92 Å². The fourth-order valence-electron chi connectivity index (χ4n) is 0. The molecule has 1 atom stereocenters. The summed E-state index contributed by atoms with van der Waals surface area (Å²) in [6.45, 7) is 6.25. The second-order valence-corrected chi connectivity index (χ2v) is 1.50. The van der Waals surface area contributed by atoms with Gasteiger partial charge in [0.1, 0.15) is 0 Å². The molecule has 0 rings (SSSR count). The fourth-order valence-corrected chi connectivity index (χ4v) is 0. The van der Waals surface area contributed by atoms with Gasteiger partial charge in [-0.1, -0.05) is 0 Å². The second-order valence-electron chi connectivity index (χ2n) is 1.50. The SMILES string of the molecule is C[C-](C)C.P.[NH2-].[Ti+2]. The van der Waals surface area contributed by atoms with Gasteiger partial charge in [-0.3, -0.25) is 0 Å². The quantitative estimate of drug-likeness (QED) is 0.292. The van der Waals surface area contributed by atoms with E-state index in [1.54, 1.807) is 0 Å². The summed E-state index contributed by atoms with van der Waals surface area (Å²) in [5.41, 5.74) is 0. The van der Waals surface area contributed by atoms with E-state index in [9.17, 15) is 0 Å². The van der Waals surface area contributed by atoms with Crippen LogP contribution in [0.5, 0.6) is 0 Å². The third-order valence-corrected chi connectivity index (χ3v) is 0. The van der Waals surface area contributed by atoms with Gasteiger partial charge in [-0.25, -0.2) is 0 Å². The zero-order chi connectivity index (χ0) is 3.58. The summed E-state index contributed by atoms with van der Waals surface area (Å²) in [4.78, 5) is 0. The largest absolute Gasteiger partial charge is 2.00 e. The maximum Gasteiger partial charge on any atom is 2.00 e. The van der Waals surface area contributed by atoms with Crippen molar-refractivity contribution in [3.8, 4) is 0 Å². The van der Waals surface area contributed by atoms with Gasteiger partial charge in [0.15, 0.2) is 0 Å². The summed E-state index contributed by atoms with van der Waals surface area (Å²) in [5, 5.41) is 0. The van der Waals surface area contributed by atoms with Crippen molar-refractivity contribution in [2.24, 2.45) is 0 Å². The Morgan fingerprint density at radius 1 is 1.00 bits per heavy atom. The average Bonchev–Trinajstić information content (AvgIpc) is 0.811. The summed E-state index contributed by atoms with van der Waals surface area (Å²) in [5.74, 6) is 1.42. The molecule has 0 aliphatic heterocycles. The van der Waals surface area contributed by atoms with E-state index in [1.807, 2.05) is 0 Å². The number of hydrogen-bond donors (Lipinski definition) is 0. The molecule has 3 heteroatoms. The van der Waals surface area contributed by atoms with Gasteiger partial charge in [-0.2, -0.15) is 30.7 Å². The maximum atomic E-state index is 2.08. The van der Waals surface area contributed by atoms with E-state index < -0.39 is 0 Å². The van der Waals surface area contributed by atoms with Crippen molar-refractivity contribution in [2.75, 3.05) is 0 Å². The van der Waals surface area contributed by atoms with Crippen LogP contribution < -0.4 is 0 Å². The van der Waals surface area contributed by atoms with Crippen LogP contribution in [0.3, 0.4) is 0 Å². The molecule has 44 valence electrons. The third kappa shape index (κ3) is 152. The van der Waals surface area contributed by atoms with Crippen molar-refractivity contribution in [3.05, 3.63) is 12.1 Å². The Bertz CT molecular complexity index is 16.4. The minimum Gasteiger partial charge on any atom is -0.693 e. The van der Waals surface area contributed by atoms with Crippen molar-refractivity contribution in [3.63, 3.8) is 0 Å². The van der Waals surface area contributed by atoms with E-state index in [0.717, 1.165) is 0 Å². The van der Waals surface area contributed by atoms with Crippen LogP contribution >= 0.6 is 9.90 Å². The monoisotopic (exact) mass is 155 g/mol. The smallest absolute Gasteiger partial charge is 0.693 e. The van der Waals surface area contributed by atoms with Crippen molar-refractivity contribution >= 4 is 9.90 Å². The fraction of sp³-hybridized carbons (Fsp3) is 0.750. The molecule has 0 aliphatic carbocycles. The van der Waals surface area contributed by atoms with E-state index in [-0.39, 0.29) is 37.8 Å². The molecule has 0 saturated heterocycles. The average molecular weight is 155 g/mol. The number of nitrogens with two attached hydrogens (primary N) is 1. The van der Waals surface area contributed by atoms with Gasteiger partial charge < -0.3 is 12.1 Å². The first-order chi connectivity index (χ1) is 1.73. The predicted octanol–water partition coefficient (Wildman–Crippen LogP) is 2.39. The minimum atomic E-state index is 0. The summed E-state index contributed by atoms with van der Waals surface area (Å²) in [7, 11) is 0. The third-order valence-electron chi connectivity index (χ3n) is 0. The molecule has 2 N–H and O–H groups in total. The Kier molecular flexibility index (Phi) is 54.5. The number of rotatable bonds is 0. The molecule has 0 spiro atoms. The first-order valence-corrected chi connectivity index (χ1v) is 1.50. The second kappa shape index (κ2) is 15.7. The molecule has 0 aromatic rings. The van der Waals surface area contributed by atoms with Crippen molar-refractivity contribution < 1.29 is 21.7 Å². The van der Waals surface area contributed by atoms with E-state index in [0.29, 0.717) is 0 Å². The molecule has 0 aromatic carbocycles. The van der Waals surface area contributed by atoms with Crippen LogP contribution in [0.2, 0.25) is 0 Å². The summed E-state index contributed by atoms with van der Waals surface area (Å²) in [6.07, 6.45) is 0. The molecule has 0 aliphatic rings. The van der Waals surface area contributed by atoms with Crippen LogP contribution in [-0.2, 0) is 21.7 Å². The van der Waals surface area contributed by atoms with Crippen LogP contribution in [0, 0.1) is 5.92 Å². The Morgan fingerprint density at radius 2 is 1.00 bits per heavy atom. The molecule has 7 heavy (non-hydrogen) atoms. The van der Waals surface area contributed by atoms with Crippen molar-refractivity contribution in [2.45, 2.75) is 20.8 Å². The van der Waals surface area contributed by atoms with Gasteiger partial charge >= 0.3 is 21.7 Å². The standard InChI is InChI=1S/C4H9.H2N.H3P.Ti/c1-4(2)3;;;/h1-3H3;1H2;1H3;/q2*-1;;+2. The Hall–Kier alpha value is 1.10. The van der Waals surface area contributed by atoms with Crippen molar-refractivity contribution in [1.82, 2.24) is 0 Å². The molecule has 0 aromatic heterocycles. The van der Waals surface area contributed by atoms with Crippen LogP contribution in [0.1, 0.15) is 20.8 Å². The first-order valence-electron chi connectivity index (χ1n) is 1.50. The van der Waals surface area contributed by atoms with Crippen molar-refractivity contribution in [1.29, 1.82) is 0 Å². The molecule has 1 nitrogen and oxygen atoms in total. The van der Waals surface area contributed by atoms with Gasteiger partial charge in [-0.05, 0) is 0 Å². The zero-order valence-electron chi connectivity index (χ0n) is 5.28. The number of hydrogen-bond acceptors (Lipinski definition) is 0.